The number of thiophene rings is 1. The van der Waals surface area contributed by atoms with Gasteiger partial charge in [0, 0.05) is 24.6 Å². The molecule has 0 radical (unpaired) electrons. The summed E-state index contributed by atoms with van der Waals surface area (Å²) in [7, 11) is 1.65. The van der Waals surface area contributed by atoms with Crippen molar-refractivity contribution in [2.24, 2.45) is 17.3 Å². The van der Waals surface area contributed by atoms with Crippen LogP contribution in [0.1, 0.15) is 100 Å². The van der Waals surface area contributed by atoms with Gasteiger partial charge in [0.05, 0.1) is 22.9 Å². The minimum absolute atomic E-state index is 0.0602. The molecule has 2 heterocycles. The van der Waals surface area contributed by atoms with E-state index >= 15 is 0 Å². The van der Waals surface area contributed by atoms with Gasteiger partial charge in [-0.2, -0.15) is 0 Å². The summed E-state index contributed by atoms with van der Waals surface area (Å²) < 4.78 is 5.79. The van der Waals surface area contributed by atoms with Crippen molar-refractivity contribution in [3.05, 3.63) is 40.3 Å². The second-order valence-electron chi connectivity index (χ2n) is 11.6. The molecule has 2 aromatic heterocycles. The Morgan fingerprint density at radius 2 is 1.82 bits per heavy atom. The van der Waals surface area contributed by atoms with E-state index in [4.69, 9.17) is 4.74 Å². The highest BCUT2D eigenvalue weighted by molar-refractivity contribution is 7.15. The zero-order valence-electron chi connectivity index (χ0n) is 24.0. The molecule has 2 N–H and O–H groups in total. The summed E-state index contributed by atoms with van der Waals surface area (Å²) in [5.41, 5.74) is 3.09. The number of carbonyl (C=O) groups is 2. The van der Waals surface area contributed by atoms with Crippen molar-refractivity contribution >= 4 is 28.9 Å². The first-order valence-electron chi connectivity index (χ1n) is 14.1. The third-order valence-electron chi connectivity index (χ3n) is 7.01. The van der Waals surface area contributed by atoms with Gasteiger partial charge in [-0.15, -0.1) is 11.3 Å². The van der Waals surface area contributed by atoms with Gasteiger partial charge in [0.15, 0.2) is 0 Å². The van der Waals surface area contributed by atoms with Crippen LogP contribution in [0.4, 0.5) is 5.69 Å². The number of aromatic nitrogens is 1. The maximum absolute atomic E-state index is 13.0. The average molecular weight is 554 g/mol. The lowest BCUT2D eigenvalue weighted by Crippen LogP contribution is -2.45. The highest BCUT2D eigenvalue weighted by atomic mass is 32.1. The van der Waals surface area contributed by atoms with Crippen LogP contribution in [0.25, 0.3) is 0 Å². The van der Waals surface area contributed by atoms with E-state index in [1.165, 1.54) is 37.1 Å². The fourth-order valence-electron chi connectivity index (χ4n) is 4.84. The number of hydrogen-bond donors (Lipinski definition) is 2. The van der Waals surface area contributed by atoms with E-state index in [0.717, 1.165) is 42.8 Å². The molecule has 0 unspecified atom stereocenters. The SMILES string of the molecule is CNN(C(=O)C1CCC(C)CC1)c1cc(C#CC(C)(C)C)sc1C(=O)O.c1cncc(OC2CCCCC2)c1. The number of carboxylic acid groups (broad SMARTS) is 1. The van der Waals surface area contributed by atoms with Crippen molar-refractivity contribution < 1.29 is 19.4 Å². The number of carbonyl (C=O) groups excluding carboxylic acids is 1. The summed E-state index contributed by atoms with van der Waals surface area (Å²) >= 11 is 1.11. The molecule has 2 saturated carbocycles. The molecule has 0 atom stereocenters. The van der Waals surface area contributed by atoms with Gasteiger partial charge in [-0.3, -0.25) is 9.78 Å². The Morgan fingerprint density at radius 1 is 1.13 bits per heavy atom. The maximum Gasteiger partial charge on any atom is 0.348 e. The minimum Gasteiger partial charge on any atom is -0.489 e. The standard InChI is InChI=1S/C20H28N2O3S.C11H15NO/c1-13-6-8-14(9-7-13)18(23)22(21-5)16-12-15(10-11-20(2,3)4)26-17(16)19(24)25;1-2-5-10(6-3-1)13-11-7-4-8-12-9-11/h12-14,21H,6-9H2,1-5H3,(H,24,25);4,7-10H,1-3,5-6H2. The van der Waals surface area contributed by atoms with Crippen molar-refractivity contribution in [1.29, 1.82) is 0 Å². The Balaban J connectivity index is 0.000000268. The van der Waals surface area contributed by atoms with Gasteiger partial charge in [0.25, 0.3) is 0 Å². The van der Waals surface area contributed by atoms with Crippen LogP contribution >= 0.6 is 11.3 Å². The number of nitrogens with zero attached hydrogens (tertiary/aromatic N) is 2. The molecule has 0 bridgehead atoms. The van der Waals surface area contributed by atoms with Crippen LogP contribution in [0.3, 0.4) is 0 Å². The molecule has 0 aliphatic heterocycles. The maximum atomic E-state index is 13.0. The highest BCUT2D eigenvalue weighted by Crippen LogP contribution is 2.34. The van der Waals surface area contributed by atoms with Gasteiger partial charge in [0.2, 0.25) is 5.91 Å². The summed E-state index contributed by atoms with van der Waals surface area (Å²) in [5.74, 6) is 6.55. The predicted molar refractivity (Wildman–Crippen MR) is 157 cm³/mol. The number of ether oxygens (including phenoxy) is 1. The van der Waals surface area contributed by atoms with Gasteiger partial charge in [-0.05, 0) is 96.3 Å². The number of aromatic carboxylic acids is 1. The first kappa shape index (κ1) is 30.6. The first-order chi connectivity index (χ1) is 18.6. The Kier molecular flexibility index (Phi) is 11.4. The van der Waals surface area contributed by atoms with Crippen LogP contribution in [0.15, 0.2) is 30.6 Å². The number of anilines is 1. The number of hydrogen-bond acceptors (Lipinski definition) is 6. The highest BCUT2D eigenvalue weighted by Gasteiger charge is 2.31. The molecule has 8 heteroatoms. The lowest BCUT2D eigenvalue weighted by atomic mass is 9.82. The molecule has 212 valence electrons. The largest absolute Gasteiger partial charge is 0.489 e. The van der Waals surface area contributed by atoms with Gasteiger partial charge in [-0.1, -0.05) is 25.2 Å². The van der Waals surface area contributed by atoms with Crippen molar-refractivity contribution in [1.82, 2.24) is 10.4 Å². The van der Waals surface area contributed by atoms with Crippen LogP contribution in [-0.2, 0) is 4.79 Å². The second kappa shape index (κ2) is 14.5. The molecule has 0 aromatic carbocycles. The fourth-order valence-corrected chi connectivity index (χ4v) is 5.68. The Morgan fingerprint density at radius 3 is 2.38 bits per heavy atom. The van der Waals surface area contributed by atoms with E-state index in [1.807, 2.05) is 32.9 Å². The predicted octanol–water partition coefficient (Wildman–Crippen LogP) is 6.93. The Labute approximate surface area is 237 Å². The van der Waals surface area contributed by atoms with Crippen LogP contribution in [-0.4, -0.2) is 35.1 Å². The molecular formula is C31H43N3O4S. The van der Waals surface area contributed by atoms with Gasteiger partial charge < -0.3 is 9.84 Å². The number of nitrogens with one attached hydrogen (secondary N) is 1. The number of amides is 1. The zero-order chi connectivity index (χ0) is 28.4. The van der Waals surface area contributed by atoms with Crippen molar-refractivity contribution in [2.45, 2.75) is 91.6 Å². The van der Waals surface area contributed by atoms with E-state index in [-0.39, 0.29) is 22.1 Å². The van der Waals surface area contributed by atoms with Crippen molar-refractivity contribution in [2.75, 3.05) is 12.1 Å². The summed E-state index contributed by atoms with van der Waals surface area (Å²) in [6.07, 6.45) is 14.1. The molecule has 2 aliphatic carbocycles. The van der Waals surface area contributed by atoms with Gasteiger partial charge in [-0.25, -0.2) is 15.2 Å². The lowest BCUT2D eigenvalue weighted by molar-refractivity contribution is -0.124. The molecule has 0 spiro atoms. The van der Waals surface area contributed by atoms with E-state index in [0.29, 0.717) is 22.6 Å². The average Bonchev–Trinajstić information content (AvgIpc) is 3.34. The molecule has 2 aromatic rings. The molecule has 39 heavy (non-hydrogen) atoms. The first-order valence-corrected chi connectivity index (χ1v) is 14.9. The summed E-state index contributed by atoms with van der Waals surface area (Å²) in [6.45, 7) is 8.21. The molecule has 1 amide bonds. The third kappa shape index (κ3) is 9.66. The van der Waals surface area contributed by atoms with Crippen LogP contribution < -0.4 is 15.2 Å². The molecule has 2 aliphatic rings. The summed E-state index contributed by atoms with van der Waals surface area (Å²) in [5, 5.41) is 11.0. The normalized spacial score (nSPS) is 19.6. The van der Waals surface area contributed by atoms with Crippen molar-refractivity contribution in [3.8, 4) is 17.6 Å². The number of hydrazine groups is 1. The van der Waals surface area contributed by atoms with Crippen molar-refractivity contribution in [3.63, 3.8) is 0 Å². The molecule has 0 saturated heterocycles. The Bertz CT molecular complexity index is 1130. The molecule has 7 nitrogen and oxygen atoms in total. The van der Waals surface area contributed by atoms with E-state index in [1.54, 1.807) is 25.5 Å². The smallest absolute Gasteiger partial charge is 0.348 e. The van der Waals surface area contributed by atoms with E-state index < -0.39 is 5.97 Å². The van der Waals surface area contributed by atoms with E-state index in [9.17, 15) is 14.7 Å². The van der Waals surface area contributed by atoms with Gasteiger partial charge >= 0.3 is 5.97 Å². The second-order valence-corrected chi connectivity index (χ2v) is 12.6. The van der Waals surface area contributed by atoms with Gasteiger partial charge in [0.1, 0.15) is 10.6 Å². The minimum atomic E-state index is -1.04. The van der Waals surface area contributed by atoms with Crippen LogP contribution in [0.2, 0.25) is 0 Å². The molecular weight excluding hydrogens is 510 g/mol. The third-order valence-corrected chi connectivity index (χ3v) is 8.03. The number of carboxylic acids is 1. The molecule has 2 fully saturated rings. The van der Waals surface area contributed by atoms with Crippen LogP contribution in [0, 0.1) is 29.1 Å². The molecule has 4 rings (SSSR count). The van der Waals surface area contributed by atoms with Crippen LogP contribution in [0.5, 0.6) is 5.75 Å². The van der Waals surface area contributed by atoms with E-state index in [2.05, 4.69) is 29.2 Å². The lowest BCUT2D eigenvalue weighted by Gasteiger charge is -2.30. The monoisotopic (exact) mass is 553 g/mol. The quantitative estimate of drug-likeness (QED) is 0.298. The number of rotatable bonds is 6. The summed E-state index contributed by atoms with van der Waals surface area (Å²) in [4.78, 5) is 29.5. The summed E-state index contributed by atoms with van der Waals surface area (Å²) in [6, 6.07) is 5.59. The number of pyridine rings is 1. The fraction of sp³-hybridized carbons (Fsp3) is 0.581. The Hall–Kier alpha value is -2.89. The topological polar surface area (TPSA) is 91.8 Å². The zero-order valence-corrected chi connectivity index (χ0v) is 24.8.